The van der Waals surface area contributed by atoms with E-state index in [1.807, 2.05) is 0 Å². The van der Waals surface area contributed by atoms with Crippen molar-refractivity contribution in [3.05, 3.63) is 29.7 Å². The second-order valence-electron chi connectivity index (χ2n) is 7.88. The summed E-state index contributed by atoms with van der Waals surface area (Å²) < 4.78 is 65.0. The van der Waals surface area contributed by atoms with Gasteiger partial charge in [0.1, 0.15) is 0 Å². The summed E-state index contributed by atoms with van der Waals surface area (Å²) in [7, 11) is 0. The molecule has 2 aromatic heterocycles. The van der Waals surface area contributed by atoms with E-state index in [0.717, 1.165) is 0 Å². The van der Waals surface area contributed by atoms with E-state index in [1.165, 1.54) is 10.7 Å². The van der Waals surface area contributed by atoms with Crippen LogP contribution in [-0.2, 0) is 4.79 Å². The maximum atomic E-state index is 13.4. The minimum absolute atomic E-state index is 0.0964. The van der Waals surface area contributed by atoms with Gasteiger partial charge in [-0.05, 0) is 37.3 Å². The Morgan fingerprint density at radius 1 is 1.37 bits per heavy atom. The molecule has 1 aliphatic carbocycles. The van der Waals surface area contributed by atoms with Crippen LogP contribution in [0.1, 0.15) is 68.8 Å². The third-order valence-electron chi connectivity index (χ3n) is 5.48. The van der Waals surface area contributed by atoms with Gasteiger partial charge in [-0.25, -0.2) is 18.3 Å². The minimum Gasteiger partial charge on any atom is -0.350 e. The lowest BCUT2D eigenvalue weighted by Crippen LogP contribution is -2.31. The topological polar surface area (TPSA) is 85.3 Å². The van der Waals surface area contributed by atoms with Gasteiger partial charge in [-0.2, -0.15) is 18.3 Å². The van der Waals surface area contributed by atoms with Crippen molar-refractivity contribution >= 4 is 11.6 Å². The van der Waals surface area contributed by atoms with Gasteiger partial charge in [0, 0.05) is 19.3 Å². The molecule has 2 atom stereocenters. The predicted molar refractivity (Wildman–Crippen MR) is 98.7 cm³/mol. The van der Waals surface area contributed by atoms with Crippen molar-refractivity contribution in [2.75, 3.05) is 0 Å². The molecule has 0 spiro atoms. The lowest BCUT2D eigenvalue weighted by molar-refractivity contribution is -0.144. The van der Waals surface area contributed by atoms with Gasteiger partial charge in [0.25, 0.3) is 0 Å². The number of hydrogen-bond donors (Lipinski definition) is 2. The Morgan fingerprint density at radius 2 is 2.03 bits per heavy atom. The van der Waals surface area contributed by atoms with Crippen LogP contribution in [-0.4, -0.2) is 32.6 Å². The molecule has 0 aliphatic heterocycles. The number of nitrogens with one attached hydrogen (secondary N) is 1. The van der Waals surface area contributed by atoms with E-state index in [2.05, 4.69) is 15.4 Å². The third kappa shape index (κ3) is 5.65. The van der Waals surface area contributed by atoms with E-state index in [9.17, 15) is 26.7 Å². The molecule has 3 rings (SSSR count). The van der Waals surface area contributed by atoms with E-state index in [4.69, 9.17) is 5.73 Å². The summed E-state index contributed by atoms with van der Waals surface area (Å²) in [4.78, 5) is 16.2. The van der Waals surface area contributed by atoms with Crippen LogP contribution in [0, 0.1) is 5.92 Å². The second-order valence-corrected chi connectivity index (χ2v) is 7.88. The van der Waals surface area contributed by atoms with Gasteiger partial charge in [-0.1, -0.05) is 0 Å². The van der Waals surface area contributed by atoms with Gasteiger partial charge in [0.2, 0.25) is 11.8 Å². The Labute approximate surface area is 170 Å². The number of halogens is 5. The number of nitrogens with zero attached hydrogens (tertiary/aromatic N) is 3. The summed E-state index contributed by atoms with van der Waals surface area (Å²) in [5, 5.41) is 6.72. The first-order chi connectivity index (χ1) is 13.9. The Hall–Kier alpha value is -2.30. The largest absolute Gasteiger partial charge is 0.389 e. The van der Waals surface area contributed by atoms with Crippen LogP contribution in [0.3, 0.4) is 0 Å². The highest BCUT2D eigenvalue weighted by Gasteiger charge is 2.37. The van der Waals surface area contributed by atoms with Gasteiger partial charge in [0.15, 0.2) is 5.65 Å². The summed E-state index contributed by atoms with van der Waals surface area (Å²) in [6, 6.07) is 0.607. The van der Waals surface area contributed by atoms with Crippen molar-refractivity contribution in [3.63, 3.8) is 0 Å². The molecule has 2 heterocycles. The summed E-state index contributed by atoms with van der Waals surface area (Å²) in [5.74, 6) is -3.44. The molecule has 166 valence electrons. The zero-order valence-corrected chi connectivity index (χ0v) is 16.4. The fourth-order valence-corrected chi connectivity index (χ4v) is 3.62. The highest BCUT2D eigenvalue weighted by molar-refractivity contribution is 5.76. The Balaban J connectivity index is 1.66. The van der Waals surface area contributed by atoms with E-state index >= 15 is 0 Å². The molecule has 1 saturated carbocycles. The number of hydrogen-bond acceptors (Lipinski definition) is 4. The van der Waals surface area contributed by atoms with Crippen LogP contribution in [0.2, 0.25) is 0 Å². The molecular weight excluding hydrogens is 409 g/mol. The smallest absolute Gasteiger partial charge is 0.350 e. The van der Waals surface area contributed by atoms with Crippen molar-refractivity contribution in [2.45, 2.75) is 69.6 Å². The summed E-state index contributed by atoms with van der Waals surface area (Å²) in [5.41, 5.74) is 7.82. The number of alkyl halides is 5. The van der Waals surface area contributed by atoms with E-state index < -0.39 is 42.9 Å². The van der Waals surface area contributed by atoms with Crippen molar-refractivity contribution < 1.29 is 26.7 Å². The predicted octanol–water partition coefficient (Wildman–Crippen LogP) is 4.07. The maximum Gasteiger partial charge on any atom is 0.389 e. The lowest BCUT2D eigenvalue weighted by Gasteiger charge is -2.31. The second kappa shape index (κ2) is 8.44. The highest BCUT2D eigenvalue weighted by atomic mass is 19.4. The average Bonchev–Trinajstić information content (AvgIpc) is 3.08. The van der Waals surface area contributed by atoms with Gasteiger partial charge in [-0.15, -0.1) is 0 Å². The molecule has 0 aromatic carbocycles. The van der Waals surface area contributed by atoms with Crippen LogP contribution in [0.15, 0.2) is 18.5 Å². The summed E-state index contributed by atoms with van der Waals surface area (Å²) in [6.07, 6.45) is -2.82. The molecule has 3 N–H and O–H groups in total. The van der Waals surface area contributed by atoms with Crippen LogP contribution in [0.4, 0.5) is 22.0 Å². The number of imidazole rings is 1. The first kappa shape index (κ1) is 22.4. The van der Waals surface area contributed by atoms with E-state index in [-0.39, 0.29) is 18.8 Å². The van der Waals surface area contributed by atoms with E-state index in [1.54, 1.807) is 19.2 Å². The van der Waals surface area contributed by atoms with Crippen molar-refractivity contribution in [2.24, 2.45) is 11.7 Å². The number of carbonyl (C=O) groups excluding carboxylic acids is 1. The molecule has 2 aromatic rings. The van der Waals surface area contributed by atoms with Crippen molar-refractivity contribution in [1.29, 1.82) is 0 Å². The van der Waals surface area contributed by atoms with Gasteiger partial charge in [-0.3, -0.25) is 4.79 Å². The highest BCUT2D eigenvalue weighted by Crippen LogP contribution is 2.40. The number of rotatable bonds is 6. The first-order valence-corrected chi connectivity index (χ1v) is 9.78. The molecule has 1 amide bonds. The quantitative estimate of drug-likeness (QED) is 0.673. The molecule has 6 nitrogen and oxygen atoms in total. The molecule has 0 bridgehead atoms. The van der Waals surface area contributed by atoms with Crippen LogP contribution >= 0.6 is 0 Å². The summed E-state index contributed by atoms with van der Waals surface area (Å²) in [6.45, 7) is 1.64. The fourth-order valence-electron chi connectivity index (χ4n) is 3.62. The first-order valence-electron chi connectivity index (χ1n) is 9.78. The average molecular weight is 433 g/mol. The van der Waals surface area contributed by atoms with Crippen LogP contribution in [0.5, 0.6) is 0 Å². The van der Waals surface area contributed by atoms with Crippen molar-refractivity contribution in [3.8, 4) is 0 Å². The SMILES string of the molecule is C[C@@H](NC(=O)CCC(F)(F)F)c1cnn2cc([C@@H](N)C3CCC(F)(F)CC3)nc2c1. The standard InChI is InChI=1S/C19H24F5N5O/c1-11(27-16(30)4-7-19(22,23)24)13-8-15-28-14(10-29(15)26-9-13)17(25)12-2-5-18(20,21)6-3-12/h8-12,17H,2-7,25H2,1H3,(H,27,30)/t11-,17+/m1/s1. The van der Waals surface area contributed by atoms with E-state index in [0.29, 0.717) is 29.7 Å². The Morgan fingerprint density at radius 3 is 2.67 bits per heavy atom. The third-order valence-corrected chi connectivity index (χ3v) is 5.48. The maximum absolute atomic E-state index is 13.4. The number of amides is 1. The molecule has 0 radical (unpaired) electrons. The van der Waals surface area contributed by atoms with Gasteiger partial charge >= 0.3 is 6.18 Å². The molecule has 1 aliphatic rings. The Bertz CT molecular complexity index is 887. The molecule has 11 heteroatoms. The monoisotopic (exact) mass is 433 g/mol. The number of nitrogens with two attached hydrogens (primary N) is 1. The molecule has 0 saturated heterocycles. The van der Waals surface area contributed by atoms with Gasteiger partial charge < -0.3 is 11.1 Å². The zero-order chi connectivity index (χ0) is 22.1. The Kier molecular flexibility index (Phi) is 6.30. The molecular formula is C19H24F5N5O. The number of carbonyl (C=O) groups is 1. The number of aromatic nitrogens is 3. The lowest BCUT2D eigenvalue weighted by atomic mass is 9.81. The fraction of sp³-hybridized carbons (Fsp3) is 0.632. The molecule has 0 unspecified atom stereocenters. The van der Waals surface area contributed by atoms with Crippen LogP contribution < -0.4 is 11.1 Å². The minimum atomic E-state index is -4.39. The number of fused-ring (bicyclic) bond motifs is 1. The van der Waals surface area contributed by atoms with Crippen molar-refractivity contribution in [1.82, 2.24) is 19.9 Å². The molecule has 30 heavy (non-hydrogen) atoms. The summed E-state index contributed by atoms with van der Waals surface area (Å²) >= 11 is 0. The zero-order valence-electron chi connectivity index (χ0n) is 16.4. The van der Waals surface area contributed by atoms with Gasteiger partial charge in [0.05, 0.1) is 36.6 Å². The molecule has 1 fully saturated rings. The normalized spacial score (nSPS) is 19.6. The van der Waals surface area contributed by atoms with Crippen LogP contribution in [0.25, 0.3) is 5.65 Å².